The van der Waals surface area contributed by atoms with Gasteiger partial charge in [0.1, 0.15) is 5.75 Å². The summed E-state index contributed by atoms with van der Waals surface area (Å²) in [6, 6.07) is 20.7. The van der Waals surface area contributed by atoms with Crippen LogP contribution in [0.25, 0.3) is 17.1 Å². The first-order valence-electron chi connectivity index (χ1n) is 10.5. The van der Waals surface area contributed by atoms with Crippen molar-refractivity contribution >= 4 is 47.1 Å². The molecular weight excluding hydrogens is 505 g/mol. The zero-order valence-corrected chi connectivity index (χ0v) is 21.2. The van der Waals surface area contributed by atoms with Crippen LogP contribution in [0.15, 0.2) is 77.0 Å². The van der Waals surface area contributed by atoms with Crippen molar-refractivity contribution in [2.75, 3.05) is 12.9 Å². The van der Waals surface area contributed by atoms with E-state index in [9.17, 15) is 4.79 Å². The molecule has 0 bridgehead atoms. The molecule has 0 atom stereocenters. The maximum absolute atomic E-state index is 12.4. The smallest absolute Gasteiger partial charge is 0.250 e. The minimum absolute atomic E-state index is 0.103. The van der Waals surface area contributed by atoms with Crippen LogP contribution in [0, 0.1) is 6.92 Å². The summed E-state index contributed by atoms with van der Waals surface area (Å²) in [7, 11) is 1.62. The number of hydrogen-bond acceptors (Lipinski definition) is 6. The fourth-order valence-electron chi connectivity index (χ4n) is 3.15. The van der Waals surface area contributed by atoms with Gasteiger partial charge in [0.25, 0.3) is 5.91 Å². The van der Waals surface area contributed by atoms with Crippen molar-refractivity contribution < 1.29 is 9.53 Å². The first-order chi connectivity index (χ1) is 16.9. The van der Waals surface area contributed by atoms with E-state index in [-0.39, 0.29) is 11.7 Å². The number of carbonyl (C=O) groups excluding carboxylic acids is 1. The standard InChI is InChI=1S/C25H21Cl2N5O2S/c1-16-3-8-19(9-4-16)32-24(18-6-10-20(34-2)11-7-18)30-31-25(32)35-15-23(33)29-28-14-17-5-12-21(26)22(27)13-17/h3-14H,15H2,1-2H3,(H,29,33)/b28-14+. The topological polar surface area (TPSA) is 81.4 Å². The number of carbonyl (C=O) groups is 1. The molecular formula is C25H21Cl2N5O2S. The van der Waals surface area contributed by atoms with E-state index < -0.39 is 0 Å². The quantitative estimate of drug-likeness (QED) is 0.178. The number of nitrogens with one attached hydrogen (secondary N) is 1. The Morgan fingerprint density at radius 2 is 1.80 bits per heavy atom. The van der Waals surface area contributed by atoms with Gasteiger partial charge in [-0.15, -0.1) is 10.2 Å². The van der Waals surface area contributed by atoms with Crippen molar-refractivity contribution in [1.82, 2.24) is 20.2 Å². The Hall–Kier alpha value is -3.33. The lowest BCUT2D eigenvalue weighted by Gasteiger charge is -2.11. The highest BCUT2D eigenvalue weighted by atomic mass is 35.5. The Morgan fingerprint density at radius 3 is 2.49 bits per heavy atom. The van der Waals surface area contributed by atoms with Crippen LogP contribution in [0.3, 0.4) is 0 Å². The largest absolute Gasteiger partial charge is 0.497 e. The van der Waals surface area contributed by atoms with Gasteiger partial charge in [0.15, 0.2) is 11.0 Å². The number of ether oxygens (including phenoxy) is 1. The van der Waals surface area contributed by atoms with Crippen LogP contribution >= 0.6 is 35.0 Å². The van der Waals surface area contributed by atoms with Crippen LogP contribution in [0.1, 0.15) is 11.1 Å². The van der Waals surface area contributed by atoms with Crippen LogP contribution in [-0.2, 0) is 4.79 Å². The third-order valence-electron chi connectivity index (χ3n) is 4.95. The van der Waals surface area contributed by atoms with Crippen molar-refractivity contribution in [2.24, 2.45) is 5.10 Å². The lowest BCUT2D eigenvalue weighted by Crippen LogP contribution is -2.20. The Kier molecular flexibility index (Phi) is 8.07. The third-order valence-corrected chi connectivity index (χ3v) is 6.62. The summed E-state index contributed by atoms with van der Waals surface area (Å²) in [4.78, 5) is 12.4. The van der Waals surface area contributed by atoms with Crippen LogP contribution in [-0.4, -0.2) is 39.7 Å². The predicted octanol–water partition coefficient (Wildman–Crippen LogP) is 5.80. The Morgan fingerprint density at radius 1 is 1.06 bits per heavy atom. The molecule has 4 aromatic rings. The normalized spacial score (nSPS) is 11.1. The Bertz CT molecular complexity index is 1360. The molecule has 1 heterocycles. The minimum atomic E-state index is -0.282. The first kappa shape index (κ1) is 24.8. The molecule has 3 aromatic carbocycles. The van der Waals surface area contributed by atoms with E-state index in [1.165, 1.54) is 18.0 Å². The van der Waals surface area contributed by atoms with Gasteiger partial charge in [-0.1, -0.05) is 58.7 Å². The molecule has 7 nitrogen and oxygen atoms in total. The second-order valence-corrected chi connectivity index (χ2v) is 9.22. The first-order valence-corrected chi connectivity index (χ1v) is 12.3. The van der Waals surface area contributed by atoms with E-state index in [0.717, 1.165) is 28.1 Å². The second kappa shape index (κ2) is 11.4. The predicted molar refractivity (Wildman–Crippen MR) is 141 cm³/mol. The van der Waals surface area contributed by atoms with Crippen molar-refractivity contribution in [2.45, 2.75) is 12.1 Å². The van der Waals surface area contributed by atoms with Gasteiger partial charge in [0.2, 0.25) is 0 Å². The van der Waals surface area contributed by atoms with Crippen molar-refractivity contribution in [3.05, 3.63) is 87.9 Å². The van der Waals surface area contributed by atoms with Crippen molar-refractivity contribution in [3.8, 4) is 22.8 Å². The molecule has 0 fully saturated rings. The Labute approximate surface area is 217 Å². The highest BCUT2D eigenvalue weighted by Gasteiger charge is 2.17. The molecule has 0 aliphatic carbocycles. The van der Waals surface area contributed by atoms with E-state index in [0.29, 0.717) is 21.0 Å². The van der Waals surface area contributed by atoms with E-state index in [4.69, 9.17) is 27.9 Å². The number of methoxy groups -OCH3 is 1. The van der Waals surface area contributed by atoms with Crippen LogP contribution in [0.2, 0.25) is 10.0 Å². The number of amides is 1. The average molecular weight is 526 g/mol. The highest BCUT2D eigenvalue weighted by molar-refractivity contribution is 7.99. The third kappa shape index (κ3) is 6.22. The van der Waals surface area contributed by atoms with Gasteiger partial charge in [-0.05, 0) is 61.0 Å². The summed E-state index contributed by atoms with van der Waals surface area (Å²) in [5.41, 5.74) is 6.15. The number of aryl methyl sites for hydroxylation is 1. The minimum Gasteiger partial charge on any atom is -0.497 e. The number of hydrazone groups is 1. The van der Waals surface area contributed by atoms with Gasteiger partial charge in [-0.25, -0.2) is 5.43 Å². The van der Waals surface area contributed by atoms with Gasteiger partial charge < -0.3 is 4.74 Å². The molecule has 0 saturated heterocycles. The molecule has 0 radical (unpaired) electrons. The molecule has 10 heteroatoms. The van der Waals surface area contributed by atoms with Gasteiger partial charge in [-0.3, -0.25) is 9.36 Å². The molecule has 0 aliphatic rings. The summed E-state index contributed by atoms with van der Waals surface area (Å²) in [6.45, 7) is 2.03. The molecule has 0 aliphatic heterocycles. The summed E-state index contributed by atoms with van der Waals surface area (Å²) >= 11 is 13.2. The van der Waals surface area contributed by atoms with Crippen LogP contribution in [0.4, 0.5) is 0 Å². The SMILES string of the molecule is COc1ccc(-c2nnc(SCC(=O)N/N=C/c3ccc(Cl)c(Cl)c3)n2-c2ccc(C)cc2)cc1. The Balaban J connectivity index is 1.51. The van der Waals surface area contributed by atoms with E-state index in [1.54, 1.807) is 25.3 Å². The van der Waals surface area contributed by atoms with Gasteiger partial charge >= 0.3 is 0 Å². The number of nitrogens with zero attached hydrogens (tertiary/aromatic N) is 4. The number of rotatable bonds is 8. The monoisotopic (exact) mass is 525 g/mol. The van der Waals surface area contributed by atoms with E-state index in [2.05, 4.69) is 20.7 Å². The number of benzene rings is 3. The van der Waals surface area contributed by atoms with Crippen LogP contribution < -0.4 is 10.2 Å². The van der Waals surface area contributed by atoms with Crippen molar-refractivity contribution in [3.63, 3.8) is 0 Å². The zero-order chi connectivity index (χ0) is 24.8. The number of hydrogen-bond donors (Lipinski definition) is 1. The molecule has 1 amide bonds. The molecule has 4 rings (SSSR count). The summed E-state index contributed by atoms with van der Waals surface area (Å²) in [5, 5.41) is 14.2. The number of halogens is 2. The summed E-state index contributed by atoms with van der Waals surface area (Å²) < 4.78 is 7.19. The van der Waals surface area contributed by atoms with Gasteiger partial charge in [0, 0.05) is 11.3 Å². The molecule has 0 spiro atoms. The number of thioether (sulfide) groups is 1. The summed E-state index contributed by atoms with van der Waals surface area (Å²) in [5.74, 6) is 1.24. The highest BCUT2D eigenvalue weighted by Crippen LogP contribution is 2.29. The lowest BCUT2D eigenvalue weighted by atomic mass is 10.2. The maximum Gasteiger partial charge on any atom is 0.250 e. The fourth-order valence-corrected chi connectivity index (χ4v) is 4.20. The van der Waals surface area contributed by atoms with Crippen molar-refractivity contribution in [1.29, 1.82) is 0 Å². The molecule has 1 aromatic heterocycles. The number of aromatic nitrogens is 3. The van der Waals surface area contributed by atoms with E-state index >= 15 is 0 Å². The van der Waals surface area contributed by atoms with E-state index in [1.807, 2.05) is 60.0 Å². The molecule has 1 N–H and O–H groups in total. The average Bonchev–Trinajstić information content (AvgIpc) is 3.29. The second-order valence-electron chi connectivity index (χ2n) is 7.46. The van der Waals surface area contributed by atoms with Crippen LogP contribution in [0.5, 0.6) is 5.75 Å². The fraction of sp³-hybridized carbons (Fsp3) is 0.120. The lowest BCUT2D eigenvalue weighted by molar-refractivity contribution is -0.118. The molecule has 0 unspecified atom stereocenters. The molecule has 0 saturated carbocycles. The maximum atomic E-state index is 12.4. The zero-order valence-electron chi connectivity index (χ0n) is 18.9. The molecule has 178 valence electrons. The molecule has 35 heavy (non-hydrogen) atoms. The van der Waals surface area contributed by atoms with Gasteiger partial charge in [-0.2, -0.15) is 5.10 Å². The van der Waals surface area contributed by atoms with Gasteiger partial charge in [0.05, 0.1) is 29.1 Å². The summed E-state index contributed by atoms with van der Waals surface area (Å²) in [6.07, 6.45) is 1.50.